The fourth-order valence-corrected chi connectivity index (χ4v) is 0.670. The van der Waals surface area contributed by atoms with Crippen molar-refractivity contribution in [3.05, 3.63) is 24.3 Å². The molecule has 0 saturated heterocycles. The zero-order chi connectivity index (χ0) is 8.53. The third-order valence-corrected chi connectivity index (χ3v) is 1.23. The molecule has 0 heterocycles. The normalized spacial score (nSPS) is 11.1. The lowest BCUT2D eigenvalue weighted by molar-refractivity contribution is -0.137. The lowest BCUT2D eigenvalue weighted by Gasteiger charge is -1.92. The van der Waals surface area contributed by atoms with Crippen molar-refractivity contribution in [3.63, 3.8) is 0 Å². The van der Waals surface area contributed by atoms with Crippen LogP contribution in [-0.2, 0) is 9.53 Å². The first-order chi connectivity index (χ1) is 5.31. The third-order valence-electron chi connectivity index (χ3n) is 0.855. The Balaban J connectivity index is 3.56. The Labute approximate surface area is 75.1 Å². The highest BCUT2D eigenvalue weighted by Crippen LogP contribution is 1.85. The molecule has 0 N–H and O–H groups in total. The highest BCUT2D eigenvalue weighted by Gasteiger charge is 1.89. The van der Waals surface area contributed by atoms with E-state index in [0.717, 1.165) is 5.33 Å². The summed E-state index contributed by atoms with van der Waals surface area (Å²) in [5, 5.41) is 0.792. The minimum absolute atomic E-state index is 0.299. The van der Waals surface area contributed by atoms with Gasteiger partial charge >= 0.3 is 5.97 Å². The Morgan fingerprint density at radius 3 is 2.82 bits per heavy atom. The van der Waals surface area contributed by atoms with Crippen LogP contribution in [0.1, 0.15) is 6.92 Å². The number of esters is 1. The lowest BCUT2D eigenvalue weighted by atomic mass is 10.4. The number of hydrogen-bond donors (Lipinski definition) is 0. The molecule has 0 unspecified atom stereocenters. The molecular formula is C8H11BrO2. The summed E-state index contributed by atoms with van der Waals surface area (Å²) in [6, 6.07) is 0. The standard InChI is InChI=1S/C8H11BrO2/c1-2-11-8(10)6-4-3-5-7-9/h3-6H,2,7H2,1H3/b5-3+,6-4+. The molecule has 11 heavy (non-hydrogen) atoms. The molecular weight excluding hydrogens is 208 g/mol. The van der Waals surface area contributed by atoms with Crippen LogP contribution >= 0.6 is 15.9 Å². The summed E-state index contributed by atoms with van der Waals surface area (Å²) in [5.41, 5.74) is 0. The van der Waals surface area contributed by atoms with Gasteiger partial charge in [0.15, 0.2) is 0 Å². The van der Waals surface area contributed by atoms with Gasteiger partial charge in [-0.2, -0.15) is 0 Å². The van der Waals surface area contributed by atoms with E-state index in [-0.39, 0.29) is 5.97 Å². The Morgan fingerprint density at radius 2 is 2.27 bits per heavy atom. The highest BCUT2D eigenvalue weighted by atomic mass is 79.9. The van der Waals surface area contributed by atoms with Crippen LogP contribution < -0.4 is 0 Å². The minimum atomic E-state index is -0.299. The number of carbonyl (C=O) groups excluding carboxylic acids is 1. The number of alkyl halides is 1. The van der Waals surface area contributed by atoms with Crippen LogP contribution in [0, 0.1) is 0 Å². The molecule has 0 radical (unpaired) electrons. The van der Waals surface area contributed by atoms with Gasteiger partial charge in [-0.15, -0.1) is 0 Å². The molecule has 0 fully saturated rings. The maximum Gasteiger partial charge on any atom is 0.330 e. The van der Waals surface area contributed by atoms with Crippen molar-refractivity contribution in [2.45, 2.75) is 6.92 Å². The molecule has 0 spiro atoms. The van der Waals surface area contributed by atoms with Crippen molar-refractivity contribution in [1.29, 1.82) is 0 Å². The molecule has 0 aliphatic rings. The van der Waals surface area contributed by atoms with Crippen LogP contribution in [0.25, 0.3) is 0 Å². The predicted molar refractivity (Wildman–Crippen MR) is 48.7 cm³/mol. The zero-order valence-electron chi connectivity index (χ0n) is 6.42. The number of allylic oxidation sites excluding steroid dienone is 3. The monoisotopic (exact) mass is 218 g/mol. The van der Waals surface area contributed by atoms with Gasteiger partial charge in [-0.05, 0) is 6.92 Å². The molecule has 0 aliphatic heterocycles. The molecule has 3 heteroatoms. The van der Waals surface area contributed by atoms with Crippen LogP contribution in [0.4, 0.5) is 0 Å². The smallest absolute Gasteiger partial charge is 0.330 e. The first-order valence-electron chi connectivity index (χ1n) is 3.37. The molecule has 0 amide bonds. The van der Waals surface area contributed by atoms with Gasteiger partial charge in [0.2, 0.25) is 0 Å². The van der Waals surface area contributed by atoms with Gasteiger partial charge in [-0.25, -0.2) is 4.79 Å². The molecule has 0 bridgehead atoms. The van der Waals surface area contributed by atoms with Crippen LogP contribution in [-0.4, -0.2) is 17.9 Å². The summed E-state index contributed by atoms with van der Waals surface area (Å²) in [5.74, 6) is -0.299. The van der Waals surface area contributed by atoms with E-state index in [0.29, 0.717) is 6.61 Å². The van der Waals surface area contributed by atoms with E-state index in [9.17, 15) is 4.79 Å². The van der Waals surface area contributed by atoms with Crippen LogP contribution in [0.5, 0.6) is 0 Å². The summed E-state index contributed by atoms with van der Waals surface area (Å²) in [6.45, 7) is 2.20. The Kier molecular flexibility index (Phi) is 7.15. The van der Waals surface area contributed by atoms with Crippen LogP contribution in [0.3, 0.4) is 0 Å². The molecule has 2 nitrogen and oxygen atoms in total. The zero-order valence-corrected chi connectivity index (χ0v) is 8.00. The van der Waals surface area contributed by atoms with Crippen LogP contribution in [0.15, 0.2) is 24.3 Å². The fraction of sp³-hybridized carbons (Fsp3) is 0.375. The Bertz CT molecular complexity index is 161. The fourth-order valence-electron chi connectivity index (χ4n) is 0.454. The van der Waals surface area contributed by atoms with E-state index in [1.165, 1.54) is 6.08 Å². The number of rotatable bonds is 4. The van der Waals surface area contributed by atoms with Crippen molar-refractivity contribution in [1.82, 2.24) is 0 Å². The highest BCUT2D eigenvalue weighted by molar-refractivity contribution is 9.09. The van der Waals surface area contributed by atoms with Crippen molar-refractivity contribution in [2.75, 3.05) is 11.9 Å². The van der Waals surface area contributed by atoms with Crippen molar-refractivity contribution in [3.8, 4) is 0 Å². The molecule has 0 aromatic rings. The summed E-state index contributed by atoms with van der Waals surface area (Å²) in [6.07, 6.45) is 6.71. The largest absolute Gasteiger partial charge is 0.463 e. The second-order valence-electron chi connectivity index (χ2n) is 1.69. The SMILES string of the molecule is CCOC(=O)/C=C/C=C/CBr. The van der Waals surface area contributed by atoms with E-state index in [1.54, 1.807) is 19.1 Å². The number of ether oxygens (including phenoxy) is 1. The van der Waals surface area contributed by atoms with Gasteiger partial charge in [0, 0.05) is 11.4 Å². The molecule has 0 saturated carbocycles. The van der Waals surface area contributed by atoms with E-state index < -0.39 is 0 Å². The first-order valence-corrected chi connectivity index (χ1v) is 4.49. The molecule has 0 atom stereocenters. The van der Waals surface area contributed by atoms with Crippen molar-refractivity contribution in [2.24, 2.45) is 0 Å². The molecule has 0 aliphatic carbocycles. The lowest BCUT2D eigenvalue weighted by Crippen LogP contribution is -1.98. The maximum atomic E-state index is 10.7. The van der Waals surface area contributed by atoms with Crippen LogP contribution in [0.2, 0.25) is 0 Å². The Hall–Kier alpha value is -0.570. The molecule has 0 rings (SSSR count). The van der Waals surface area contributed by atoms with E-state index in [1.807, 2.05) is 6.08 Å². The minimum Gasteiger partial charge on any atom is -0.463 e. The van der Waals surface area contributed by atoms with Gasteiger partial charge in [-0.3, -0.25) is 0 Å². The average Bonchev–Trinajstić information content (AvgIpc) is 1.99. The van der Waals surface area contributed by atoms with Gasteiger partial charge < -0.3 is 4.74 Å². The summed E-state index contributed by atoms with van der Waals surface area (Å²) in [4.78, 5) is 10.7. The van der Waals surface area contributed by atoms with Gasteiger partial charge in [-0.1, -0.05) is 34.2 Å². The molecule has 0 aromatic carbocycles. The summed E-state index contributed by atoms with van der Waals surface area (Å²) in [7, 11) is 0. The molecule has 0 aromatic heterocycles. The van der Waals surface area contributed by atoms with E-state index in [4.69, 9.17) is 0 Å². The van der Waals surface area contributed by atoms with Gasteiger partial charge in [0.05, 0.1) is 6.61 Å². The van der Waals surface area contributed by atoms with Crippen molar-refractivity contribution < 1.29 is 9.53 Å². The Morgan fingerprint density at radius 1 is 1.55 bits per heavy atom. The second kappa shape index (κ2) is 7.54. The van der Waals surface area contributed by atoms with Gasteiger partial charge in [0.1, 0.15) is 0 Å². The first kappa shape index (κ1) is 10.4. The third kappa shape index (κ3) is 7.33. The van der Waals surface area contributed by atoms with Crippen molar-refractivity contribution >= 4 is 21.9 Å². The second-order valence-corrected chi connectivity index (χ2v) is 2.34. The van der Waals surface area contributed by atoms with Gasteiger partial charge in [0.25, 0.3) is 0 Å². The quantitative estimate of drug-likeness (QED) is 0.313. The number of halogens is 1. The predicted octanol–water partition coefficient (Wildman–Crippen LogP) is 2.06. The summed E-state index contributed by atoms with van der Waals surface area (Å²) < 4.78 is 4.65. The average molecular weight is 219 g/mol. The topological polar surface area (TPSA) is 26.3 Å². The maximum absolute atomic E-state index is 10.7. The number of hydrogen-bond acceptors (Lipinski definition) is 2. The van der Waals surface area contributed by atoms with E-state index >= 15 is 0 Å². The van der Waals surface area contributed by atoms with E-state index in [2.05, 4.69) is 20.7 Å². The summed E-state index contributed by atoms with van der Waals surface area (Å²) >= 11 is 3.21. The number of carbonyl (C=O) groups is 1. The molecule has 62 valence electrons.